The van der Waals surface area contributed by atoms with Gasteiger partial charge < -0.3 is 10.0 Å². The summed E-state index contributed by atoms with van der Waals surface area (Å²) in [5, 5.41) is 10.4. The highest BCUT2D eigenvalue weighted by Crippen LogP contribution is 2.32. The van der Waals surface area contributed by atoms with Crippen molar-refractivity contribution in [3.63, 3.8) is 0 Å². The number of hydrogen-bond donors (Lipinski definition) is 1. The Hall–Kier alpha value is -0.860. The van der Waals surface area contributed by atoms with Crippen LogP contribution in [0.4, 0.5) is 0 Å². The summed E-state index contributed by atoms with van der Waals surface area (Å²) < 4.78 is 0. The second-order valence-electron chi connectivity index (χ2n) is 5.63. The van der Waals surface area contributed by atoms with Crippen molar-refractivity contribution in [2.24, 2.45) is 5.41 Å². The average molecular weight is 221 g/mol. The fourth-order valence-corrected chi connectivity index (χ4v) is 1.89. The molecular formula is C14H23NO. The van der Waals surface area contributed by atoms with Crippen molar-refractivity contribution in [1.82, 2.24) is 4.90 Å². The summed E-state index contributed by atoms with van der Waals surface area (Å²) in [6.07, 6.45) is -0.384. The van der Waals surface area contributed by atoms with E-state index in [9.17, 15) is 5.11 Å². The van der Waals surface area contributed by atoms with Crippen LogP contribution < -0.4 is 0 Å². The molecule has 90 valence electrons. The molecule has 1 aromatic carbocycles. The number of likely N-dealkylation sites (N-methyl/N-ethyl adjacent to an activating group) is 1. The first-order valence-corrected chi connectivity index (χ1v) is 5.73. The van der Waals surface area contributed by atoms with E-state index >= 15 is 0 Å². The minimum Gasteiger partial charge on any atom is -0.391 e. The molecule has 0 aromatic heterocycles. The van der Waals surface area contributed by atoms with Gasteiger partial charge in [-0.25, -0.2) is 0 Å². The number of nitrogens with zero attached hydrogens (tertiary/aromatic N) is 1. The van der Waals surface area contributed by atoms with Crippen LogP contribution in [0, 0.1) is 5.41 Å². The molecule has 0 saturated carbocycles. The molecule has 2 nitrogen and oxygen atoms in total. The van der Waals surface area contributed by atoms with Gasteiger partial charge in [-0.05, 0) is 25.1 Å². The molecule has 2 atom stereocenters. The topological polar surface area (TPSA) is 23.5 Å². The van der Waals surface area contributed by atoms with Crippen molar-refractivity contribution >= 4 is 0 Å². The van der Waals surface area contributed by atoms with Gasteiger partial charge in [0.1, 0.15) is 0 Å². The highest BCUT2D eigenvalue weighted by Gasteiger charge is 2.32. The van der Waals surface area contributed by atoms with Crippen LogP contribution in [-0.2, 0) is 0 Å². The molecule has 2 unspecified atom stereocenters. The van der Waals surface area contributed by atoms with Crippen LogP contribution in [0.3, 0.4) is 0 Å². The molecule has 16 heavy (non-hydrogen) atoms. The molecule has 0 bridgehead atoms. The first-order valence-electron chi connectivity index (χ1n) is 5.73. The largest absolute Gasteiger partial charge is 0.391 e. The molecule has 1 aromatic rings. The Morgan fingerprint density at radius 3 is 1.94 bits per heavy atom. The molecule has 0 radical (unpaired) electrons. The number of rotatable bonds is 3. The van der Waals surface area contributed by atoms with Crippen molar-refractivity contribution in [1.29, 1.82) is 0 Å². The Labute approximate surface area is 98.9 Å². The normalized spacial score (nSPS) is 16.2. The molecule has 0 saturated heterocycles. The summed E-state index contributed by atoms with van der Waals surface area (Å²) in [5.41, 5.74) is 1.04. The maximum absolute atomic E-state index is 10.4. The summed E-state index contributed by atoms with van der Waals surface area (Å²) in [4.78, 5) is 2.07. The van der Waals surface area contributed by atoms with E-state index in [1.54, 1.807) is 0 Å². The lowest BCUT2D eigenvalue weighted by molar-refractivity contribution is -0.00531. The predicted octanol–water partition coefficient (Wildman–Crippen LogP) is 2.70. The molecule has 1 rings (SSSR count). The molecule has 0 amide bonds. The summed E-state index contributed by atoms with van der Waals surface area (Å²) >= 11 is 0. The van der Waals surface area contributed by atoms with E-state index in [0.29, 0.717) is 0 Å². The van der Waals surface area contributed by atoms with Gasteiger partial charge in [0.15, 0.2) is 0 Å². The van der Waals surface area contributed by atoms with Gasteiger partial charge in [0.2, 0.25) is 0 Å². The lowest BCUT2D eigenvalue weighted by atomic mass is 9.82. The predicted molar refractivity (Wildman–Crippen MR) is 68.3 cm³/mol. The highest BCUT2D eigenvalue weighted by atomic mass is 16.3. The second kappa shape index (κ2) is 4.98. The maximum Gasteiger partial charge on any atom is 0.0784 e. The van der Waals surface area contributed by atoms with Gasteiger partial charge in [0.05, 0.1) is 12.1 Å². The third-order valence-electron chi connectivity index (χ3n) is 2.88. The van der Waals surface area contributed by atoms with Crippen LogP contribution in [0.1, 0.15) is 32.4 Å². The molecule has 0 aliphatic heterocycles. The standard InChI is InChI=1S/C14H23NO/c1-14(2,3)13(16)12(15(4)5)11-9-7-6-8-10-11/h6-10,12-13,16H,1-5H3. The molecule has 0 heterocycles. The lowest BCUT2D eigenvalue weighted by Crippen LogP contribution is -2.39. The van der Waals surface area contributed by atoms with Crippen LogP contribution in [0.25, 0.3) is 0 Å². The number of aliphatic hydroxyl groups is 1. The maximum atomic E-state index is 10.4. The first kappa shape index (κ1) is 13.2. The Balaban J connectivity index is 3.02. The lowest BCUT2D eigenvalue weighted by Gasteiger charge is -2.37. The Morgan fingerprint density at radius 1 is 1.06 bits per heavy atom. The molecular weight excluding hydrogens is 198 g/mol. The molecule has 1 N–H and O–H groups in total. The quantitative estimate of drug-likeness (QED) is 0.848. The van der Waals surface area contributed by atoms with Crippen molar-refractivity contribution in [3.05, 3.63) is 35.9 Å². The number of hydrogen-bond acceptors (Lipinski definition) is 2. The van der Waals surface area contributed by atoms with Gasteiger partial charge in [-0.2, -0.15) is 0 Å². The SMILES string of the molecule is CN(C)C(c1ccccc1)C(O)C(C)(C)C. The zero-order chi connectivity index (χ0) is 12.3. The Morgan fingerprint density at radius 2 is 1.56 bits per heavy atom. The fraction of sp³-hybridized carbons (Fsp3) is 0.571. The van der Waals surface area contributed by atoms with Crippen LogP contribution in [0.2, 0.25) is 0 Å². The van der Waals surface area contributed by atoms with E-state index in [2.05, 4.69) is 37.8 Å². The second-order valence-corrected chi connectivity index (χ2v) is 5.63. The number of benzene rings is 1. The summed E-state index contributed by atoms with van der Waals surface area (Å²) in [7, 11) is 4.01. The van der Waals surface area contributed by atoms with Crippen LogP contribution in [-0.4, -0.2) is 30.2 Å². The van der Waals surface area contributed by atoms with E-state index in [1.807, 2.05) is 32.3 Å². The van der Waals surface area contributed by atoms with Crippen molar-refractivity contribution in [3.8, 4) is 0 Å². The van der Waals surface area contributed by atoms with E-state index in [1.165, 1.54) is 0 Å². The van der Waals surface area contributed by atoms with Gasteiger partial charge in [-0.3, -0.25) is 0 Å². The third kappa shape index (κ3) is 3.06. The van der Waals surface area contributed by atoms with Gasteiger partial charge in [0, 0.05) is 0 Å². The molecule has 0 spiro atoms. The van der Waals surface area contributed by atoms with E-state index < -0.39 is 0 Å². The zero-order valence-electron chi connectivity index (χ0n) is 10.9. The van der Waals surface area contributed by atoms with Crippen molar-refractivity contribution in [2.45, 2.75) is 32.9 Å². The first-order chi connectivity index (χ1) is 7.34. The Bertz CT molecular complexity index is 313. The van der Waals surface area contributed by atoms with Crippen molar-refractivity contribution in [2.75, 3.05) is 14.1 Å². The highest BCUT2D eigenvalue weighted by molar-refractivity contribution is 5.20. The van der Waals surface area contributed by atoms with Gasteiger partial charge in [-0.1, -0.05) is 51.1 Å². The zero-order valence-corrected chi connectivity index (χ0v) is 10.9. The van der Waals surface area contributed by atoms with Gasteiger partial charge >= 0.3 is 0 Å². The van der Waals surface area contributed by atoms with Gasteiger partial charge in [-0.15, -0.1) is 0 Å². The van der Waals surface area contributed by atoms with Crippen LogP contribution >= 0.6 is 0 Å². The fourth-order valence-electron chi connectivity index (χ4n) is 1.89. The molecule has 0 aliphatic carbocycles. The summed E-state index contributed by atoms with van der Waals surface area (Å²) in [5.74, 6) is 0. The third-order valence-corrected chi connectivity index (χ3v) is 2.88. The summed E-state index contributed by atoms with van der Waals surface area (Å²) in [6.45, 7) is 6.20. The monoisotopic (exact) mass is 221 g/mol. The van der Waals surface area contributed by atoms with E-state index in [0.717, 1.165) is 5.56 Å². The Kier molecular flexibility index (Phi) is 4.11. The average Bonchev–Trinajstić information content (AvgIpc) is 2.17. The minimum absolute atomic E-state index is 0.0428. The van der Waals surface area contributed by atoms with Crippen LogP contribution in [0.5, 0.6) is 0 Å². The molecule has 0 fully saturated rings. The van der Waals surface area contributed by atoms with Gasteiger partial charge in [0.25, 0.3) is 0 Å². The van der Waals surface area contributed by atoms with E-state index in [4.69, 9.17) is 0 Å². The molecule has 0 aliphatic rings. The summed E-state index contributed by atoms with van der Waals surface area (Å²) in [6, 6.07) is 10.2. The molecule has 2 heteroatoms. The van der Waals surface area contributed by atoms with Crippen LogP contribution in [0.15, 0.2) is 30.3 Å². The number of aliphatic hydroxyl groups excluding tert-OH is 1. The smallest absolute Gasteiger partial charge is 0.0784 e. The van der Waals surface area contributed by atoms with Crippen molar-refractivity contribution < 1.29 is 5.11 Å². The minimum atomic E-state index is -0.384. The van der Waals surface area contributed by atoms with E-state index in [-0.39, 0.29) is 17.6 Å².